The van der Waals surface area contributed by atoms with Gasteiger partial charge in [0.2, 0.25) is 5.91 Å². The Bertz CT molecular complexity index is 1290. The predicted molar refractivity (Wildman–Crippen MR) is 140 cm³/mol. The molecule has 35 heavy (non-hydrogen) atoms. The van der Waals surface area contributed by atoms with Crippen molar-refractivity contribution in [3.05, 3.63) is 97.5 Å². The molecule has 1 N–H and O–H groups in total. The third kappa shape index (κ3) is 6.39. The number of benzene rings is 3. The Balaban J connectivity index is 1.43. The molecular weight excluding hydrogens is 603 g/mol. The molecule has 6 nitrogen and oxygen atoms in total. The molecule has 0 bridgehead atoms. The number of thioether (sulfide) groups is 1. The van der Waals surface area contributed by atoms with E-state index in [2.05, 4.69) is 37.2 Å². The summed E-state index contributed by atoms with van der Waals surface area (Å²) in [5, 5.41) is 1.99. The number of carbonyl (C=O) groups is 3. The van der Waals surface area contributed by atoms with Gasteiger partial charge in [-0.25, -0.2) is 4.39 Å². The quantitative estimate of drug-likeness (QED) is 0.301. The standard InChI is InChI=1S/C25H17Br2FN2O4S/c26-19-10-16(11-20(27)23(19)34-14-15-4-2-1-3-5-15)12-21-24(32)30(25(33)35-21)13-22(31)29-18-8-6-17(28)7-9-18/h1-12H,13-14H2,(H,29,31)/b21-12-. The van der Waals surface area contributed by atoms with E-state index in [9.17, 15) is 18.8 Å². The third-order valence-electron chi connectivity index (χ3n) is 4.85. The maximum absolute atomic E-state index is 13.0. The summed E-state index contributed by atoms with van der Waals surface area (Å²) in [6, 6.07) is 18.5. The fourth-order valence-corrected chi connectivity index (χ4v) is 5.48. The van der Waals surface area contributed by atoms with Crippen LogP contribution >= 0.6 is 43.6 Å². The van der Waals surface area contributed by atoms with E-state index in [0.29, 0.717) is 32.6 Å². The van der Waals surface area contributed by atoms with Gasteiger partial charge in [-0.3, -0.25) is 19.3 Å². The Labute approximate surface area is 221 Å². The van der Waals surface area contributed by atoms with Gasteiger partial charge < -0.3 is 10.1 Å². The Hall–Kier alpha value is -2.95. The molecule has 1 aliphatic rings. The molecule has 178 valence electrons. The number of ether oxygens (including phenoxy) is 1. The molecule has 3 amide bonds. The molecule has 0 saturated carbocycles. The Morgan fingerprint density at radius 1 is 1.03 bits per heavy atom. The highest BCUT2D eigenvalue weighted by Crippen LogP contribution is 2.38. The lowest BCUT2D eigenvalue weighted by molar-refractivity contribution is -0.127. The van der Waals surface area contributed by atoms with Gasteiger partial charge in [0, 0.05) is 5.69 Å². The van der Waals surface area contributed by atoms with Crippen LogP contribution in [0, 0.1) is 5.82 Å². The average Bonchev–Trinajstić information content (AvgIpc) is 3.08. The van der Waals surface area contributed by atoms with E-state index in [1.165, 1.54) is 24.3 Å². The molecule has 0 unspecified atom stereocenters. The van der Waals surface area contributed by atoms with E-state index in [4.69, 9.17) is 4.74 Å². The first-order valence-electron chi connectivity index (χ1n) is 10.3. The van der Waals surface area contributed by atoms with E-state index in [-0.39, 0.29) is 4.91 Å². The van der Waals surface area contributed by atoms with Gasteiger partial charge in [-0.05, 0) is 97.2 Å². The molecule has 0 aromatic heterocycles. The van der Waals surface area contributed by atoms with Crippen molar-refractivity contribution in [1.29, 1.82) is 0 Å². The highest BCUT2D eigenvalue weighted by atomic mass is 79.9. The van der Waals surface area contributed by atoms with E-state index in [1.807, 2.05) is 30.3 Å². The summed E-state index contributed by atoms with van der Waals surface area (Å²) in [4.78, 5) is 38.5. The monoisotopic (exact) mass is 618 g/mol. The maximum atomic E-state index is 13.0. The zero-order chi connectivity index (χ0) is 24.9. The molecule has 10 heteroatoms. The molecule has 0 spiro atoms. The summed E-state index contributed by atoms with van der Waals surface area (Å²) in [6.45, 7) is -0.0602. The first kappa shape index (κ1) is 25.2. The Morgan fingerprint density at radius 3 is 2.34 bits per heavy atom. The molecule has 1 fully saturated rings. The van der Waals surface area contributed by atoms with Crippen LogP contribution in [0.25, 0.3) is 6.08 Å². The first-order valence-corrected chi connectivity index (χ1v) is 12.7. The Kier molecular flexibility index (Phi) is 8.04. The SMILES string of the molecule is O=C(CN1C(=O)S/C(=C\c2cc(Br)c(OCc3ccccc3)c(Br)c2)C1=O)Nc1ccc(F)cc1. The largest absolute Gasteiger partial charge is 0.487 e. The topological polar surface area (TPSA) is 75.7 Å². The number of amides is 3. The smallest absolute Gasteiger partial charge is 0.294 e. The summed E-state index contributed by atoms with van der Waals surface area (Å²) >= 11 is 7.75. The van der Waals surface area contributed by atoms with Gasteiger partial charge in [0.25, 0.3) is 11.1 Å². The van der Waals surface area contributed by atoms with Crippen LogP contribution in [-0.4, -0.2) is 28.5 Å². The molecule has 4 rings (SSSR count). The van der Waals surface area contributed by atoms with Gasteiger partial charge >= 0.3 is 0 Å². The van der Waals surface area contributed by atoms with Gasteiger partial charge in [0.1, 0.15) is 24.7 Å². The molecule has 1 saturated heterocycles. The second-order valence-corrected chi connectivity index (χ2v) is 10.1. The lowest BCUT2D eigenvalue weighted by Crippen LogP contribution is -2.36. The minimum atomic E-state index is -0.564. The molecule has 1 aliphatic heterocycles. The second kappa shape index (κ2) is 11.2. The number of carbonyl (C=O) groups excluding carboxylic acids is 3. The van der Waals surface area contributed by atoms with Crippen LogP contribution in [0.5, 0.6) is 5.75 Å². The Morgan fingerprint density at radius 2 is 1.69 bits per heavy atom. The number of nitrogens with one attached hydrogen (secondary N) is 1. The number of halogens is 3. The average molecular weight is 620 g/mol. The molecule has 1 heterocycles. The number of hydrogen-bond acceptors (Lipinski definition) is 5. The summed E-state index contributed by atoms with van der Waals surface area (Å²) < 4.78 is 20.3. The normalized spacial score (nSPS) is 14.5. The lowest BCUT2D eigenvalue weighted by atomic mass is 10.2. The lowest BCUT2D eigenvalue weighted by Gasteiger charge is -2.12. The second-order valence-electron chi connectivity index (χ2n) is 7.41. The molecular formula is C25H17Br2FN2O4S. The molecule has 3 aromatic rings. The van der Waals surface area contributed by atoms with Crippen molar-refractivity contribution >= 4 is 72.4 Å². The number of imide groups is 1. The van der Waals surface area contributed by atoms with E-state index < -0.39 is 29.4 Å². The van der Waals surface area contributed by atoms with E-state index in [1.54, 1.807) is 18.2 Å². The van der Waals surface area contributed by atoms with Crippen molar-refractivity contribution in [3.8, 4) is 5.75 Å². The van der Waals surface area contributed by atoms with Crippen LogP contribution in [0.3, 0.4) is 0 Å². The molecule has 0 atom stereocenters. The van der Waals surface area contributed by atoms with Crippen LogP contribution < -0.4 is 10.1 Å². The number of rotatable bonds is 7. The van der Waals surface area contributed by atoms with Crippen LogP contribution in [0.4, 0.5) is 14.9 Å². The summed E-state index contributed by atoms with van der Waals surface area (Å²) in [5.74, 6) is -0.957. The minimum absolute atomic E-state index is 0.196. The van der Waals surface area contributed by atoms with E-state index in [0.717, 1.165) is 22.2 Å². The van der Waals surface area contributed by atoms with Gasteiger partial charge in [-0.1, -0.05) is 30.3 Å². The van der Waals surface area contributed by atoms with Crippen LogP contribution in [-0.2, 0) is 16.2 Å². The summed E-state index contributed by atoms with van der Waals surface area (Å²) in [6.07, 6.45) is 1.58. The number of hydrogen-bond donors (Lipinski definition) is 1. The summed E-state index contributed by atoms with van der Waals surface area (Å²) in [5.41, 5.74) is 2.05. The molecule has 3 aromatic carbocycles. The van der Waals surface area contributed by atoms with Crippen molar-refractivity contribution in [2.45, 2.75) is 6.61 Å². The van der Waals surface area contributed by atoms with E-state index >= 15 is 0 Å². The predicted octanol–water partition coefficient (Wildman–Crippen LogP) is 6.60. The fourth-order valence-electron chi connectivity index (χ4n) is 3.20. The zero-order valence-corrected chi connectivity index (χ0v) is 22.0. The first-order chi connectivity index (χ1) is 16.8. The molecule has 0 aliphatic carbocycles. The maximum Gasteiger partial charge on any atom is 0.294 e. The van der Waals surface area contributed by atoms with Crippen LogP contribution in [0.2, 0.25) is 0 Å². The third-order valence-corrected chi connectivity index (χ3v) is 6.93. The van der Waals surface area contributed by atoms with Crippen molar-refractivity contribution in [1.82, 2.24) is 4.90 Å². The van der Waals surface area contributed by atoms with Crippen molar-refractivity contribution in [2.75, 3.05) is 11.9 Å². The number of anilines is 1. The van der Waals surface area contributed by atoms with Gasteiger partial charge in [0.05, 0.1) is 13.9 Å². The zero-order valence-electron chi connectivity index (χ0n) is 18.0. The van der Waals surface area contributed by atoms with Crippen molar-refractivity contribution in [2.24, 2.45) is 0 Å². The summed E-state index contributed by atoms with van der Waals surface area (Å²) in [7, 11) is 0. The highest BCUT2D eigenvalue weighted by molar-refractivity contribution is 9.11. The van der Waals surface area contributed by atoms with Gasteiger partial charge in [-0.15, -0.1) is 0 Å². The number of nitrogens with zero attached hydrogens (tertiary/aromatic N) is 1. The van der Waals surface area contributed by atoms with Crippen molar-refractivity contribution in [3.63, 3.8) is 0 Å². The van der Waals surface area contributed by atoms with Crippen molar-refractivity contribution < 1.29 is 23.5 Å². The van der Waals surface area contributed by atoms with Crippen LogP contribution in [0.1, 0.15) is 11.1 Å². The molecule has 0 radical (unpaired) electrons. The minimum Gasteiger partial charge on any atom is -0.487 e. The van der Waals surface area contributed by atoms with Gasteiger partial charge in [-0.2, -0.15) is 0 Å². The highest BCUT2D eigenvalue weighted by Gasteiger charge is 2.36. The van der Waals surface area contributed by atoms with Crippen LogP contribution in [0.15, 0.2) is 80.6 Å². The fraction of sp³-hybridized carbons (Fsp3) is 0.0800. The van der Waals surface area contributed by atoms with Gasteiger partial charge in [0.15, 0.2) is 0 Å².